The average molecular weight is 213 g/mol. The van der Waals surface area contributed by atoms with Crippen LogP contribution in [0.4, 0.5) is 0 Å². The van der Waals surface area contributed by atoms with Gasteiger partial charge in [0, 0.05) is 18.0 Å². The van der Waals surface area contributed by atoms with Crippen molar-refractivity contribution in [1.82, 2.24) is 14.5 Å². The minimum atomic E-state index is 0.261. The molecule has 0 aliphatic carbocycles. The zero-order chi connectivity index (χ0) is 9.80. The summed E-state index contributed by atoms with van der Waals surface area (Å²) in [6, 6.07) is 0.324. The van der Waals surface area contributed by atoms with Gasteiger partial charge in [-0.15, -0.1) is 5.10 Å². The Morgan fingerprint density at radius 2 is 2.50 bits per heavy atom. The van der Waals surface area contributed by atoms with Gasteiger partial charge in [0.05, 0.1) is 12.3 Å². The van der Waals surface area contributed by atoms with Crippen LogP contribution in [0.2, 0.25) is 0 Å². The highest BCUT2D eigenvalue weighted by Crippen LogP contribution is 2.18. The minimum absolute atomic E-state index is 0.261. The second-order valence-corrected chi connectivity index (χ2v) is 4.31. The summed E-state index contributed by atoms with van der Waals surface area (Å²) in [5, 5.41) is 15.2. The molecule has 1 N–H and O–H groups in total. The van der Waals surface area contributed by atoms with Gasteiger partial charge >= 0.3 is 0 Å². The van der Waals surface area contributed by atoms with Gasteiger partial charge in [-0.3, -0.25) is 4.90 Å². The predicted octanol–water partition coefficient (Wildman–Crippen LogP) is 0.885. The normalized spacial score (nSPS) is 23.9. The number of aromatic nitrogens is 2. The van der Waals surface area contributed by atoms with Crippen LogP contribution in [-0.2, 0) is 6.54 Å². The Morgan fingerprint density at radius 3 is 3.21 bits per heavy atom. The monoisotopic (exact) mass is 213 g/mol. The Hall–Kier alpha value is -0.520. The van der Waals surface area contributed by atoms with E-state index in [1.807, 2.05) is 5.38 Å². The van der Waals surface area contributed by atoms with E-state index < -0.39 is 0 Å². The van der Waals surface area contributed by atoms with Crippen molar-refractivity contribution in [2.24, 2.45) is 0 Å². The molecule has 1 aliphatic rings. The van der Waals surface area contributed by atoms with Gasteiger partial charge in [-0.05, 0) is 30.9 Å². The topological polar surface area (TPSA) is 49.2 Å². The lowest BCUT2D eigenvalue weighted by molar-refractivity contribution is 0.0831. The van der Waals surface area contributed by atoms with E-state index in [-0.39, 0.29) is 6.61 Å². The van der Waals surface area contributed by atoms with Gasteiger partial charge in [-0.1, -0.05) is 10.9 Å². The van der Waals surface area contributed by atoms with Gasteiger partial charge in [0.2, 0.25) is 0 Å². The number of hydrogen-bond donors (Lipinski definition) is 1. The molecule has 5 heteroatoms. The molecule has 2 heterocycles. The number of piperidine rings is 1. The van der Waals surface area contributed by atoms with E-state index in [1.165, 1.54) is 24.4 Å². The summed E-state index contributed by atoms with van der Waals surface area (Å²) in [4.78, 5) is 2.31. The lowest BCUT2D eigenvalue weighted by Gasteiger charge is -2.33. The number of rotatable bonds is 3. The Morgan fingerprint density at radius 1 is 1.57 bits per heavy atom. The van der Waals surface area contributed by atoms with Crippen LogP contribution >= 0.6 is 11.5 Å². The second kappa shape index (κ2) is 4.82. The molecule has 1 aromatic rings. The number of nitrogens with zero attached hydrogens (tertiary/aromatic N) is 3. The Bertz CT molecular complexity index is 265. The first-order valence-electron chi connectivity index (χ1n) is 5.01. The van der Waals surface area contributed by atoms with Crippen molar-refractivity contribution in [1.29, 1.82) is 0 Å². The maximum Gasteiger partial charge on any atom is 0.0895 e. The smallest absolute Gasteiger partial charge is 0.0895 e. The molecule has 1 aliphatic heterocycles. The predicted molar refractivity (Wildman–Crippen MR) is 55.0 cm³/mol. The average Bonchev–Trinajstić information content (AvgIpc) is 2.71. The van der Waals surface area contributed by atoms with Crippen LogP contribution in [0.25, 0.3) is 0 Å². The molecule has 1 unspecified atom stereocenters. The van der Waals surface area contributed by atoms with Crippen LogP contribution in [0, 0.1) is 0 Å². The van der Waals surface area contributed by atoms with Gasteiger partial charge in [-0.2, -0.15) is 0 Å². The van der Waals surface area contributed by atoms with Crippen LogP contribution in [-0.4, -0.2) is 38.8 Å². The number of aliphatic hydroxyl groups excluding tert-OH is 1. The fourth-order valence-corrected chi connectivity index (χ4v) is 2.38. The SMILES string of the molecule is OCC1CCCCN1Cc1csnn1. The zero-order valence-electron chi connectivity index (χ0n) is 8.09. The van der Waals surface area contributed by atoms with E-state index in [1.54, 1.807) is 0 Å². The molecule has 1 fully saturated rings. The molecular weight excluding hydrogens is 198 g/mol. The third-order valence-corrected chi connectivity index (χ3v) is 3.28. The summed E-state index contributed by atoms with van der Waals surface area (Å²) < 4.78 is 3.84. The van der Waals surface area contributed by atoms with Gasteiger partial charge in [0.15, 0.2) is 0 Å². The highest BCUT2D eigenvalue weighted by atomic mass is 32.1. The van der Waals surface area contributed by atoms with Crippen LogP contribution in [0.5, 0.6) is 0 Å². The third kappa shape index (κ3) is 2.29. The summed E-state index contributed by atoms with van der Waals surface area (Å²) in [6.45, 7) is 2.17. The van der Waals surface area contributed by atoms with E-state index in [9.17, 15) is 5.11 Å². The maximum atomic E-state index is 9.21. The molecule has 4 nitrogen and oxygen atoms in total. The number of aliphatic hydroxyl groups is 1. The van der Waals surface area contributed by atoms with Crippen LogP contribution in [0.1, 0.15) is 25.0 Å². The van der Waals surface area contributed by atoms with Crippen molar-refractivity contribution in [3.05, 3.63) is 11.1 Å². The van der Waals surface area contributed by atoms with Crippen molar-refractivity contribution >= 4 is 11.5 Å². The van der Waals surface area contributed by atoms with Gasteiger partial charge in [0.1, 0.15) is 0 Å². The summed E-state index contributed by atoms with van der Waals surface area (Å²) in [6.07, 6.45) is 3.57. The quantitative estimate of drug-likeness (QED) is 0.810. The standard InChI is InChI=1S/C9H15N3OS/c13-6-9-3-1-2-4-12(9)5-8-7-14-11-10-8/h7,9,13H,1-6H2. The molecule has 0 bridgehead atoms. The molecule has 14 heavy (non-hydrogen) atoms. The maximum absolute atomic E-state index is 9.21. The summed E-state index contributed by atoms with van der Waals surface area (Å²) >= 11 is 1.39. The molecule has 0 saturated carbocycles. The first kappa shape index (κ1) is 10.0. The van der Waals surface area contributed by atoms with Gasteiger partial charge in [0.25, 0.3) is 0 Å². The molecule has 0 aromatic carbocycles. The molecule has 1 aromatic heterocycles. The van der Waals surface area contributed by atoms with Crippen molar-refractivity contribution in [3.63, 3.8) is 0 Å². The van der Waals surface area contributed by atoms with Crippen molar-refractivity contribution in [3.8, 4) is 0 Å². The van der Waals surface area contributed by atoms with E-state index in [0.717, 1.165) is 25.2 Å². The highest BCUT2D eigenvalue weighted by Gasteiger charge is 2.21. The van der Waals surface area contributed by atoms with Crippen LogP contribution in [0.15, 0.2) is 5.38 Å². The van der Waals surface area contributed by atoms with Crippen LogP contribution in [0.3, 0.4) is 0 Å². The Labute approximate surface area is 87.7 Å². The Kier molecular flexibility index (Phi) is 3.44. The first-order valence-corrected chi connectivity index (χ1v) is 5.84. The van der Waals surface area contributed by atoms with Gasteiger partial charge in [-0.25, -0.2) is 0 Å². The molecule has 0 amide bonds. The second-order valence-electron chi connectivity index (χ2n) is 3.70. The molecule has 78 valence electrons. The Balaban J connectivity index is 1.94. The summed E-state index contributed by atoms with van der Waals surface area (Å²) in [7, 11) is 0. The van der Waals surface area contributed by atoms with E-state index in [4.69, 9.17) is 0 Å². The highest BCUT2D eigenvalue weighted by molar-refractivity contribution is 7.03. The fraction of sp³-hybridized carbons (Fsp3) is 0.778. The van der Waals surface area contributed by atoms with Crippen molar-refractivity contribution in [2.45, 2.75) is 31.8 Å². The summed E-state index contributed by atoms with van der Waals surface area (Å²) in [5.74, 6) is 0. The van der Waals surface area contributed by atoms with E-state index >= 15 is 0 Å². The number of hydrogen-bond acceptors (Lipinski definition) is 5. The van der Waals surface area contributed by atoms with Crippen molar-refractivity contribution in [2.75, 3.05) is 13.2 Å². The first-order chi connectivity index (χ1) is 6.90. The van der Waals surface area contributed by atoms with Crippen molar-refractivity contribution < 1.29 is 5.11 Å². The zero-order valence-corrected chi connectivity index (χ0v) is 8.91. The van der Waals surface area contributed by atoms with E-state index in [2.05, 4.69) is 14.5 Å². The van der Waals surface area contributed by atoms with Crippen LogP contribution < -0.4 is 0 Å². The lowest BCUT2D eigenvalue weighted by Crippen LogP contribution is -2.41. The van der Waals surface area contributed by atoms with E-state index in [0.29, 0.717) is 6.04 Å². The molecule has 2 rings (SSSR count). The number of likely N-dealkylation sites (tertiary alicyclic amines) is 1. The fourth-order valence-electron chi connectivity index (χ4n) is 1.94. The molecule has 0 radical (unpaired) electrons. The molecule has 1 atom stereocenters. The summed E-state index contributed by atoms with van der Waals surface area (Å²) in [5.41, 5.74) is 1.02. The molecular formula is C9H15N3OS. The third-order valence-electron chi connectivity index (χ3n) is 2.73. The van der Waals surface area contributed by atoms with Gasteiger partial charge < -0.3 is 5.11 Å². The molecule has 1 saturated heterocycles. The molecule has 0 spiro atoms. The largest absolute Gasteiger partial charge is 0.395 e. The minimum Gasteiger partial charge on any atom is -0.395 e. The lowest BCUT2D eigenvalue weighted by atomic mass is 10.0.